The highest BCUT2D eigenvalue weighted by Crippen LogP contribution is 2.47. The fourth-order valence-corrected chi connectivity index (χ4v) is 7.25. The maximum Gasteiger partial charge on any atom is 0.264 e. The van der Waals surface area contributed by atoms with Crippen LogP contribution in [0.3, 0.4) is 0 Å². The van der Waals surface area contributed by atoms with Crippen molar-refractivity contribution in [1.82, 2.24) is 9.88 Å². The molecule has 1 aliphatic heterocycles. The number of nitrogens with one attached hydrogen (secondary N) is 1. The normalized spacial score (nSPS) is 20.1. The van der Waals surface area contributed by atoms with Crippen LogP contribution in [0.5, 0.6) is 0 Å². The molecule has 5 aromatic rings. The zero-order valence-electron chi connectivity index (χ0n) is 25.6. The second-order valence-electron chi connectivity index (χ2n) is 11.5. The Hall–Kier alpha value is -4.38. The van der Waals surface area contributed by atoms with Gasteiger partial charge in [-0.3, -0.25) is 9.71 Å². The SMILES string of the molecule is C=CCN(C)CC1OC(c2cccc(NS(=O)(=O)c3cccc4cccnc34)c2)OC(c2ccc(CO)cc2)C1c1ccccc1. The molecule has 0 spiro atoms. The number of benzene rings is 4. The Morgan fingerprint density at radius 2 is 1.63 bits per heavy atom. The third-order valence-electron chi connectivity index (χ3n) is 8.20. The number of sulfonamides is 1. The molecule has 1 fully saturated rings. The van der Waals surface area contributed by atoms with Crippen LogP contribution >= 0.6 is 0 Å². The first-order valence-corrected chi connectivity index (χ1v) is 16.7. The van der Waals surface area contributed by atoms with E-state index < -0.39 is 22.4 Å². The molecule has 4 aromatic carbocycles. The summed E-state index contributed by atoms with van der Waals surface area (Å²) in [5.41, 5.74) is 4.31. The number of fused-ring (bicyclic) bond motifs is 1. The van der Waals surface area contributed by atoms with E-state index in [4.69, 9.17) is 9.47 Å². The van der Waals surface area contributed by atoms with Gasteiger partial charge in [0.2, 0.25) is 0 Å². The molecule has 1 saturated heterocycles. The summed E-state index contributed by atoms with van der Waals surface area (Å²) in [6, 6.07) is 33.8. The van der Waals surface area contributed by atoms with Gasteiger partial charge in [-0.05, 0) is 48.0 Å². The van der Waals surface area contributed by atoms with Crippen LogP contribution < -0.4 is 4.72 Å². The van der Waals surface area contributed by atoms with E-state index in [9.17, 15) is 13.5 Å². The second-order valence-corrected chi connectivity index (χ2v) is 13.1. The molecule has 9 heteroatoms. The van der Waals surface area contributed by atoms with Gasteiger partial charge in [-0.25, -0.2) is 8.42 Å². The molecule has 0 amide bonds. The van der Waals surface area contributed by atoms with Crippen molar-refractivity contribution in [1.29, 1.82) is 0 Å². The number of hydrogen-bond donors (Lipinski definition) is 2. The molecule has 46 heavy (non-hydrogen) atoms. The van der Waals surface area contributed by atoms with Crippen molar-refractivity contribution >= 4 is 26.6 Å². The van der Waals surface area contributed by atoms with Gasteiger partial charge in [0.15, 0.2) is 6.29 Å². The molecule has 0 aliphatic carbocycles. The Bertz CT molecular complexity index is 1890. The second kappa shape index (κ2) is 13.9. The van der Waals surface area contributed by atoms with Crippen molar-refractivity contribution < 1.29 is 23.0 Å². The standard InChI is InChI=1S/C37H37N3O5S/c1-3-22-40(2)24-32-34(27-10-5-4-6-11-27)36(29-19-17-26(25-41)18-20-29)45-37(44-32)30-13-7-15-31(23-30)39-46(42,43)33-16-8-12-28-14-9-21-38-35(28)33/h3-21,23,32,34,36-37,39,41H,1,22,24-25H2,2H3. The van der Waals surface area contributed by atoms with E-state index in [2.05, 4.69) is 33.3 Å². The first-order chi connectivity index (χ1) is 22.4. The number of para-hydroxylation sites is 1. The summed E-state index contributed by atoms with van der Waals surface area (Å²) in [7, 11) is -1.93. The maximum atomic E-state index is 13.6. The number of likely N-dealkylation sites (N-methyl/N-ethyl adjacent to an activating group) is 1. The van der Waals surface area contributed by atoms with Gasteiger partial charge in [0.25, 0.3) is 10.0 Å². The van der Waals surface area contributed by atoms with E-state index in [1.54, 1.807) is 42.6 Å². The summed E-state index contributed by atoms with van der Waals surface area (Å²) in [5.74, 6) is -0.148. The molecule has 1 aromatic heterocycles. The minimum absolute atomic E-state index is 0.0494. The molecule has 8 nitrogen and oxygen atoms in total. The van der Waals surface area contributed by atoms with Gasteiger partial charge in [-0.2, -0.15) is 0 Å². The molecule has 0 radical (unpaired) electrons. The van der Waals surface area contributed by atoms with Crippen molar-refractivity contribution in [2.75, 3.05) is 24.9 Å². The number of pyridine rings is 1. The highest BCUT2D eigenvalue weighted by atomic mass is 32.2. The van der Waals surface area contributed by atoms with Gasteiger partial charge in [0.05, 0.1) is 24.3 Å². The summed E-state index contributed by atoms with van der Waals surface area (Å²) in [4.78, 5) is 6.58. The van der Waals surface area contributed by atoms with Crippen molar-refractivity contribution in [3.05, 3.63) is 150 Å². The number of nitrogens with zero attached hydrogens (tertiary/aromatic N) is 2. The van der Waals surface area contributed by atoms with Crippen molar-refractivity contribution in [2.45, 2.75) is 35.9 Å². The van der Waals surface area contributed by atoms with Gasteiger partial charge in [0.1, 0.15) is 4.90 Å². The van der Waals surface area contributed by atoms with Crippen LogP contribution in [0.1, 0.15) is 40.6 Å². The van der Waals surface area contributed by atoms with Crippen LogP contribution in [0.2, 0.25) is 0 Å². The Morgan fingerprint density at radius 3 is 2.39 bits per heavy atom. The molecule has 2 heterocycles. The summed E-state index contributed by atoms with van der Waals surface area (Å²) in [6.07, 6.45) is 1.99. The van der Waals surface area contributed by atoms with Crippen LogP contribution in [0, 0.1) is 0 Å². The largest absolute Gasteiger partial charge is 0.392 e. The molecule has 0 bridgehead atoms. The summed E-state index contributed by atoms with van der Waals surface area (Å²) in [6.45, 7) is 5.14. The average Bonchev–Trinajstić information content (AvgIpc) is 3.08. The predicted octanol–water partition coefficient (Wildman–Crippen LogP) is 6.58. The Kier molecular flexibility index (Phi) is 9.58. The third-order valence-corrected chi connectivity index (χ3v) is 9.61. The van der Waals surface area contributed by atoms with Crippen LogP contribution in [0.25, 0.3) is 10.9 Å². The number of hydrogen-bond acceptors (Lipinski definition) is 7. The van der Waals surface area contributed by atoms with E-state index in [1.807, 2.05) is 73.8 Å². The first kappa shape index (κ1) is 31.6. The Balaban J connectivity index is 1.36. The predicted molar refractivity (Wildman–Crippen MR) is 180 cm³/mol. The highest BCUT2D eigenvalue weighted by Gasteiger charge is 2.42. The number of aromatic nitrogens is 1. The summed E-state index contributed by atoms with van der Waals surface area (Å²) >= 11 is 0. The highest BCUT2D eigenvalue weighted by molar-refractivity contribution is 7.93. The smallest absolute Gasteiger partial charge is 0.264 e. The molecule has 4 unspecified atom stereocenters. The quantitative estimate of drug-likeness (QED) is 0.158. The monoisotopic (exact) mass is 635 g/mol. The Morgan fingerprint density at radius 1 is 0.891 bits per heavy atom. The molecular formula is C37H37N3O5S. The van der Waals surface area contributed by atoms with E-state index in [0.29, 0.717) is 29.9 Å². The van der Waals surface area contributed by atoms with Gasteiger partial charge in [-0.15, -0.1) is 6.58 Å². The number of rotatable bonds is 11. The zero-order chi connectivity index (χ0) is 32.1. The van der Waals surface area contributed by atoms with Crippen molar-refractivity contribution in [3.8, 4) is 0 Å². The lowest BCUT2D eigenvalue weighted by molar-refractivity contribution is -0.263. The van der Waals surface area contributed by atoms with Crippen LogP contribution in [-0.4, -0.2) is 49.6 Å². The number of aliphatic hydroxyl groups excluding tert-OH is 1. The number of aliphatic hydroxyl groups is 1. The van der Waals surface area contributed by atoms with E-state index >= 15 is 0 Å². The lowest BCUT2D eigenvalue weighted by Crippen LogP contribution is -2.43. The third kappa shape index (κ3) is 6.89. The van der Waals surface area contributed by atoms with Gasteiger partial charge < -0.3 is 19.5 Å². The molecule has 1 aliphatic rings. The first-order valence-electron chi connectivity index (χ1n) is 15.2. The maximum absolute atomic E-state index is 13.6. The molecule has 6 rings (SSSR count). The van der Waals surface area contributed by atoms with Gasteiger partial charge in [-0.1, -0.05) is 91.0 Å². The van der Waals surface area contributed by atoms with Crippen LogP contribution in [-0.2, 0) is 26.1 Å². The van der Waals surface area contributed by atoms with Crippen molar-refractivity contribution in [2.24, 2.45) is 0 Å². The lowest BCUT2D eigenvalue weighted by Gasteiger charge is -2.44. The van der Waals surface area contributed by atoms with E-state index in [0.717, 1.165) is 22.1 Å². The molecule has 236 valence electrons. The summed E-state index contributed by atoms with van der Waals surface area (Å²) in [5, 5.41) is 10.4. The van der Waals surface area contributed by atoms with Gasteiger partial charge >= 0.3 is 0 Å². The topological polar surface area (TPSA) is 101 Å². The van der Waals surface area contributed by atoms with Crippen LogP contribution in [0.15, 0.2) is 133 Å². The number of anilines is 1. The molecular weight excluding hydrogens is 598 g/mol. The zero-order valence-corrected chi connectivity index (χ0v) is 26.4. The number of ether oxygens (including phenoxy) is 2. The summed E-state index contributed by atoms with van der Waals surface area (Å²) < 4.78 is 43.4. The molecule has 2 N–H and O–H groups in total. The average molecular weight is 636 g/mol. The van der Waals surface area contributed by atoms with E-state index in [1.165, 1.54) is 0 Å². The lowest BCUT2D eigenvalue weighted by atomic mass is 9.83. The minimum atomic E-state index is -3.96. The molecule has 0 saturated carbocycles. The van der Waals surface area contributed by atoms with Gasteiger partial charge in [0, 0.05) is 41.8 Å². The van der Waals surface area contributed by atoms with Crippen molar-refractivity contribution in [3.63, 3.8) is 0 Å². The molecule has 4 atom stereocenters. The fourth-order valence-electron chi connectivity index (χ4n) is 6.02. The van der Waals surface area contributed by atoms with Crippen LogP contribution in [0.4, 0.5) is 5.69 Å². The minimum Gasteiger partial charge on any atom is -0.392 e. The Labute approximate surface area is 270 Å². The fraction of sp³-hybridized carbons (Fsp3) is 0.216. The van der Waals surface area contributed by atoms with E-state index in [-0.39, 0.29) is 23.5 Å².